The zero-order chi connectivity index (χ0) is 23.7. The number of hydrogen-bond acceptors (Lipinski definition) is 5. The van der Waals surface area contributed by atoms with E-state index in [1.807, 2.05) is 43.3 Å². The van der Waals surface area contributed by atoms with Gasteiger partial charge in [0, 0.05) is 22.8 Å². The quantitative estimate of drug-likeness (QED) is 0.298. The first kappa shape index (κ1) is 21.4. The number of pyridine rings is 1. The van der Waals surface area contributed by atoms with Crippen LogP contribution in [0, 0.1) is 6.92 Å². The van der Waals surface area contributed by atoms with Crippen molar-refractivity contribution in [3.05, 3.63) is 90.1 Å². The smallest absolute Gasteiger partial charge is 0.416 e. The molecule has 0 aliphatic carbocycles. The monoisotopic (exact) mass is 461 g/mol. The summed E-state index contributed by atoms with van der Waals surface area (Å²) < 4.78 is 44.8. The molecule has 34 heavy (non-hydrogen) atoms. The summed E-state index contributed by atoms with van der Waals surface area (Å²) in [5, 5.41) is 11.8. The van der Waals surface area contributed by atoms with Gasteiger partial charge in [-0.1, -0.05) is 17.7 Å². The number of aryl methyl sites for hydroxylation is 1. The number of H-pyrrole nitrogens is 1. The lowest BCUT2D eigenvalue weighted by molar-refractivity contribution is -0.137. The number of nitrogens with one attached hydrogen (secondary N) is 2. The number of aromatic nitrogens is 4. The molecule has 0 aliphatic rings. The second-order valence-electron chi connectivity index (χ2n) is 7.68. The average Bonchev–Trinajstić information content (AvgIpc) is 3.28. The van der Waals surface area contributed by atoms with Crippen molar-refractivity contribution in [2.24, 2.45) is 0 Å². The van der Waals surface area contributed by atoms with Gasteiger partial charge in [-0.25, -0.2) is 0 Å². The van der Waals surface area contributed by atoms with E-state index in [4.69, 9.17) is 4.74 Å². The molecule has 0 bridgehead atoms. The number of anilines is 2. The SMILES string of the molecule is Cc1ccc2nccc(Oc3ccc(-c4nnc(Nc5cccc(C(F)(F)F)c5)[nH]4)cc3)c2c1. The predicted octanol–water partition coefficient (Wildman–Crippen LogP) is 6.88. The molecular formula is C25H18F3N5O. The number of benzene rings is 3. The fourth-order valence-electron chi connectivity index (χ4n) is 3.49. The van der Waals surface area contributed by atoms with Crippen LogP contribution in [0.3, 0.4) is 0 Å². The molecule has 0 radical (unpaired) electrons. The Bertz CT molecular complexity index is 1460. The van der Waals surface area contributed by atoms with Gasteiger partial charge in [-0.2, -0.15) is 13.2 Å². The number of halogens is 3. The van der Waals surface area contributed by atoms with Gasteiger partial charge in [-0.3, -0.25) is 4.98 Å². The molecule has 0 atom stereocenters. The number of hydrogen-bond donors (Lipinski definition) is 2. The minimum absolute atomic E-state index is 0.230. The molecule has 9 heteroatoms. The molecule has 2 aromatic heterocycles. The van der Waals surface area contributed by atoms with Crippen molar-refractivity contribution in [2.45, 2.75) is 13.1 Å². The first-order valence-electron chi connectivity index (χ1n) is 10.4. The van der Waals surface area contributed by atoms with Crippen LogP contribution in [0.2, 0.25) is 0 Å². The molecule has 0 saturated carbocycles. The van der Waals surface area contributed by atoms with Gasteiger partial charge in [0.2, 0.25) is 5.95 Å². The minimum atomic E-state index is -4.42. The van der Waals surface area contributed by atoms with E-state index in [2.05, 4.69) is 25.5 Å². The highest BCUT2D eigenvalue weighted by Gasteiger charge is 2.30. The Morgan fingerprint density at radius 1 is 0.912 bits per heavy atom. The van der Waals surface area contributed by atoms with Crippen LogP contribution in [0.4, 0.5) is 24.8 Å². The van der Waals surface area contributed by atoms with E-state index in [1.54, 1.807) is 18.3 Å². The molecule has 0 spiro atoms. The summed E-state index contributed by atoms with van der Waals surface area (Å²) in [5.74, 6) is 2.03. The first-order valence-corrected chi connectivity index (χ1v) is 10.4. The maximum atomic E-state index is 12.9. The van der Waals surface area contributed by atoms with Crippen LogP contribution in [-0.2, 0) is 6.18 Å². The fourth-order valence-corrected chi connectivity index (χ4v) is 3.49. The van der Waals surface area contributed by atoms with Crippen LogP contribution in [0.1, 0.15) is 11.1 Å². The van der Waals surface area contributed by atoms with Gasteiger partial charge < -0.3 is 15.0 Å². The normalized spacial score (nSPS) is 11.5. The molecule has 170 valence electrons. The van der Waals surface area contributed by atoms with Crippen molar-refractivity contribution in [3.8, 4) is 22.9 Å². The van der Waals surface area contributed by atoms with Gasteiger partial charge >= 0.3 is 6.18 Å². The third-order valence-corrected chi connectivity index (χ3v) is 5.15. The van der Waals surface area contributed by atoms with Crippen molar-refractivity contribution < 1.29 is 17.9 Å². The third-order valence-electron chi connectivity index (χ3n) is 5.15. The molecule has 0 aliphatic heterocycles. The van der Waals surface area contributed by atoms with Crippen molar-refractivity contribution >= 4 is 22.5 Å². The second-order valence-corrected chi connectivity index (χ2v) is 7.68. The van der Waals surface area contributed by atoms with Gasteiger partial charge in [-0.15, -0.1) is 10.2 Å². The predicted molar refractivity (Wildman–Crippen MR) is 123 cm³/mol. The summed E-state index contributed by atoms with van der Waals surface area (Å²) in [5.41, 5.74) is 2.21. The average molecular weight is 461 g/mol. The maximum Gasteiger partial charge on any atom is 0.416 e. The van der Waals surface area contributed by atoms with E-state index in [1.165, 1.54) is 12.1 Å². The number of nitrogens with zero attached hydrogens (tertiary/aromatic N) is 3. The van der Waals surface area contributed by atoms with Crippen LogP contribution < -0.4 is 10.1 Å². The molecule has 6 nitrogen and oxygen atoms in total. The summed E-state index contributed by atoms with van der Waals surface area (Å²) in [6.45, 7) is 2.01. The Kier molecular flexibility index (Phi) is 5.37. The summed E-state index contributed by atoms with van der Waals surface area (Å²) in [4.78, 5) is 7.34. The Hall–Kier alpha value is -4.40. The lowest BCUT2D eigenvalue weighted by Crippen LogP contribution is -2.05. The summed E-state index contributed by atoms with van der Waals surface area (Å²) in [6.07, 6.45) is -2.72. The van der Waals surface area contributed by atoms with Crippen molar-refractivity contribution in [1.29, 1.82) is 0 Å². The topological polar surface area (TPSA) is 75.7 Å². The van der Waals surface area contributed by atoms with E-state index in [0.717, 1.165) is 34.2 Å². The van der Waals surface area contributed by atoms with Crippen molar-refractivity contribution in [2.75, 3.05) is 5.32 Å². The molecule has 5 rings (SSSR count). The molecule has 5 aromatic rings. The van der Waals surface area contributed by atoms with Gasteiger partial charge in [0.25, 0.3) is 0 Å². The van der Waals surface area contributed by atoms with Gasteiger partial charge in [0.1, 0.15) is 11.5 Å². The van der Waals surface area contributed by atoms with E-state index >= 15 is 0 Å². The van der Waals surface area contributed by atoms with Gasteiger partial charge in [-0.05, 0) is 67.6 Å². The number of ether oxygens (including phenoxy) is 1. The number of aromatic amines is 1. The Labute approximate surface area is 192 Å². The van der Waals surface area contributed by atoms with Crippen LogP contribution in [0.25, 0.3) is 22.3 Å². The molecular weight excluding hydrogens is 443 g/mol. The summed E-state index contributed by atoms with van der Waals surface area (Å²) >= 11 is 0. The van der Waals surface area contributed by atoms with Gasteiger partial charge in [0.15, 0.2) is 5.82 Å². The summed E-state index contributed by atoms with van der Waals surface area (Å²) in [6, 6.07) is 19.9. The van der Waals surface area contributed by atoms with E-state index in [-0.39, 0.29) is 11.6 Å². The standard InChI is InChI=1S/C25H18F3N5O/c1-15-5-10-21-20(13-15)22(11-12-29-21)34-19-8-6-16(7-9-19)23-31-24(33-32-23)30-18-4-2-3-17(14-18)25(26,27)28/h2-14H,1H3,(H2,30,31,32,33). The molecule has 0 saturated heterocycles. The van der Waals surface area contributed by atoms with Crippen LogP contribution in [-0.4, -0.2) is 20.2 Å². The van der Waals surface area contributed by atoms with Crippen LogP contribution >= 0.6 is 0 Å². The molecule has 0 amide bonds. The third kappa shape index (κ3) is 4.54. The van der Waals surface area contributed by atoms with E-state index in [9.17, 15) is 13.2 Å². The van der Waals surface area contributed by atoms with Crippen LogP contribution in [0.5, 0.6) is 11.5 Å². The zero-order valence-corrected chi connectivity index (χ0v) is 17.9. The molecule has 3 aromatic carbocycles. The molecule has 0 unspecified atom stereocenters. The fraction of sp³-hybridized carbons (Fsp3) is 0.0800. The zero-order valence-electron chi connectivity index (χ0n) is 17.9. The highest BCUT2D eigenvalue weighted by atomic mass is 19.4. The number of alkyl halides is 3. The lowest BCUT2D eigenvalue weighted by Gasteiger charge is -2.09. The number of rotatable bonds is 5. The van der Waals surface area contributed by atoms with Gasteiger partial charge in [0.05, 0.1) is 11.1 Å². The lowest BCUT2D eigenvalue weighted by atomic mass is 10.1. The first-order chi connectivity index (χ1) is 16.3. The van der Waals surface area contributed by atoms with E-state index < -0.39 is 11.7 Å². The van der Waals surface area contributed by atoms with Crippen molar-refractivity contribution in [3.63, 3.8) is 0 Å². The summed E-state index contributed by atoms with van der Waals surface area (Å²) in [7, 11) is 0. The Morgan fingerprint density at radius 3 is 2.53 bits per heavy atom. The molecule has 0 fully saturated rings. The highest BCUT2D eigenvalue weighted by Crippen LogP contribution is 2.32. The Morgan fingerprint density at radius 2 is 1.74 bits per heavy atom. The second kappa shape index (κ2) is 8.51. The minimum Gasteiger partial charge on any atom is -0.457 e. The molecule has 2 heterocycles. The number of fused-ring (bicyclic) bond motifs is 1. The van der Waals surface area contributed by atoms with E-state index in [0.29, 0.717) is 17.3 Å². The maximum absolute atomic E-state index is 12.9. The largest absolute Gasteiger partial charge is 0.457 e. The van der Waals surface area contributed by atoms with Crippen LogP contribution in [0.15, 0.2) is 79.0 Å². The van der Waals surface area contributed by atoms with Crippen molar-refractivity contribution in [1.82, 2.24) is 20.2 Å². The molecule has 2 N–H and O–H groups in total. The Balaban J connectivity index is 1.32. The highest BCUT2D eigenvalue weighted by molar-refractivity contribution is 5.85.